The molecule has 0 aliphatic carbocycles. The molecule has 0 spiro atoms. The van der Waals surface area contributed by atoms with Gasteiger partial charge in [0.1, 0.15) is 17.1 Å². The number of aromatic hydroxyl groups is 2. The van der Waals surface area contributed by atoms with Crippen molar-refractivity contribution in [2.45, 2.75) is 40.2 Å². The van der Waals surface area contributed by atoms with Gasteiger partial charge in [-0.3, -0.25) is 5.10 Å². The van der Waals surface area contributed by atoms with E-state index in [1.165, 1.54) is 4.68 Å². The second-order valence-corrected chi connectivity index (χ2v) is 7.67. The van der Waals surface area contributed by atoms with Crippen LogP contribution in [0.3, 0.4) is 0 Å². The molecule has 2 aromatic carbocycles. The highest BCUT2D eigenvalue weighted by atomic mass is 16.6. The predicted molar refractivity (Wildman–Crippen MR) is 110 cm³/mol. The van der Waals surface area contributed by atoms with Crippen molar-refractivity contribution in [2.24, 2.45) is 0 Å². The van der Waals surface area contributed by atoms with Gasteiger partial charge in [-0.1, -0.05) is 12.1 Å². The third-order valence-corrected chi connectivity index (χ3v) is 4.17. The van der Waals surface area contributed by atoms with Crippen molar-refractivity contribution in [2.75, 3.05) is 0 Å². The number of aromatic nitrogens is 4. The Hall–Kier alpha value is -3.55. The lowest BCUT2D eigenvalue weighted by molar-refractivity contribution is 0.0522. The monoisotopic (exact) mass is 396 g/mol. The van der Waals surface area contributed by atoms with Gasteiger partial charge in [-0.15, -0.1) is 0 Å². The van der Waals surface area contributed by atoms with Gasteiger partial charge in [0.05, 0.1) is 27.5 Å². The van der Waals surface area contributed by atoms with Crippen LogP contribution in [0, 0.1) is 13.8 Å². The van der Waals surface area contributed by atoms with Crippen LogP contribution in [-0.2, 0) is 4.74 Å². The van der Waals surface area contributed by atoms with Gasteiger partial charge in [0.25, 0.3) is 0 Å². The first-order chi connectivity index (χ1) is 13.6. The van der Waals surface area contributed by atoms with Gasteiger partial charge in [-0.25, -0.2) is 4.79 Å². The Bertz CT molecular complexity index is 1180. The molecule has 4 rings (SSSR count). The van der Waals surface area contributed by atoms with Crippen molar-refractivity contribution in [1.29, 1.82) is 0 Å². The van der Waals surface area contributed by atoms with Gasteiger partial charge < -0.3 is 14.9 Å². The first-order valence-electron chi connectivity index (χ1n) is 9.12. The number of H-pyrrole nitrogens is 1. The van der Waals surface area contributed by atoms with Crippen LogP contribution in [0.2, 0.25) is 0 Å². The fraction of sp³-hybridized carbons (Fsp3) is 0.286. The number of hydrogen-bond donors (Lipinski definition) is 3. The van der Waals surface area contributed by atoms with Gasteiger partial charge in [0.15, 0.2) is 0 Å². The number of carbonyl (C=O) groups is 1. The summed E-state index contributed by atoms with van der Waals surface area (Å²) in [4.78, 5) is 12.0. The minimum atomic E-state index is -0.583. The fourth-order valence-corrected chi connectivity index (χ4v) is 2.98. The topological polar surface area (TPSA) is 113 Å². The van der Waals surface area contributed by atoms with E-state index in [0.29, 0.717) is 16.6 Å². The second-order valence-electron chi connectivity index (χ2n) is 7.67. The molecule has 8 heteroatoms. The zero-order chi connectivity index (χ0) is 21.3. The van der Waals surface area contributed by atoms with Gasteiger partial charge in [-0.05, 0) is 58.9 Å². The maximum Gasteiger partial charge on any atom is 0.435 e. The summed E-state index contributed by atoms with van der Waals surface area (Å²) < 4.78 is 6.44. The minimum Gasteiger partial charge on any atom is -0.507 e. The zero-order valence-corrected chi connectivity index (χ0v) is 17.0. The molecule has 0 atom stereocenters. The summed E-state index contributed by atoms with van der Waals surface area (Å²) in [6, 6.07) is 10.2. The lowest BCUT2D eigenvalue weighted by Crippen LogP contribution is -2.27. The number of nitrogens with one attached hydrogen (secondary N) is 1. The Balaban J connectivity index is 0.000000186. The number of nitrogens with zero attached hydrogens (tertiary/aromatic N) is 3. The smallest absolute Gasteiger partial charge is 0.435 e. The van der Waals surface area contributed by atoms with E-state index in [1.807, 2.05) is 13.0 Å². The van der Waals surface area contributed by atoms with Crippen LogP contribution in [0.5, 0.6) is 11.5 Å². The van der Waals surface area contributed by atoms with Crippen molar-refractivity contribution >= 4 is 27.9 Å². The third kappa shape index (κ3) is 4.16. The number of phenolic OH excluding ortho intramolecular Hbond substituents is 2. The molecule has 0 amide bonds. The molecular weight excluding hydrogens is 372 g/mol. The summed E-state index contributed by atoms with van der Waals surface area (Å²) in [6.45, 7) is 9.00. The summed E-state index contributed by atoms with van der Waals surface area (Å²) in [5.74, 6) is 0.397. The van der Waals surface area contributed by atoms with Gasteiger partial charge >= 0.3 is 6.09 Å². The number of hydrogen-bond acceptors (Lipinski definition) is 6. The maximum atomic E-state index is 12.0. The summed E-state index contributed by atoms with van der Waals surface area (Å²) in [6.07, 6.45) is -0.550. The van der Waals surface area contributed by atoms with Crippen LogP contribution in [0.1, 0.15) is 32.2 Å². The minimum absolute atomic E-state index is 0.111. The summed E-state index contributed by atoms with van der Waals surface area (Å²) >= 11 is 0. The molecule has 152 valence electrons. The zero-order valence-electron chi connectivity index (χ0n) is 17.0. The molecule has 0 saturated heterocycles. The number of rotatable bonds is 0. The maximum absolute atomic E-state index is 12.0. The standard InChI is InChI=1S/C13H16N2O3.C8H8N2O/c1-8-11-9(6-5-7-10(11)16)15(14-8)12(17)18-13(2,3)4;1-5-8-6(10-9-5)3-2-4-7(8)11/h5-7,16H,1-4H3;2-4,11H,1H3,(H,9,10). The third-order valence-electron chi connectivity index (χ3n) is 4.17. The molecule has 29 heavy (non-hydrogen) atoms. The summed E-state index contributed by atoms with van der Waals surface area (Å²) in [7, 11) is 0. The molecule has 2 aromatic heterocycles. The highest BCUT2D eigenvalue weighted by molar-refractivity contribution is 5.93. The second kappa shape index (κ2) is 7.46. The Morgan fingerprint density at radius 1 is 1.03 bits per heavy atom. The van der Waals surface area contributed by atoms with E-state index in [9.17, 15) is 15.0 Å². The van der Waals surface area contributed by atoms with Crippen LogP contribution < -0.4 is 0 Å². The highest BCUT2D eigenvalue weighted by Crippen LogP contribution is 2.28. The Labute approximate surface area is 167 Å². The lowest BCUT2D eigenvalue weighted by atomic mass is 10.2. The number of carbonyl (C=O) groups excluding carboxylic acids is 1. The number of benzene rings is 2. The normalized spacial score (nSPS) is 11.3. The van der Waals surface area contributed by atoms with E-state index >= 15 is 0 Å². The van der Waals surface area contributed by atoms with Crippen LogP contribution >= 0.6 is 0 Å². The van der Waals surface area contributed by atoms with Gasteiger partial charge in [0, 0.05) is 5.69 Å². The van der Waals surface area contributed by atoms with Crippen LogP contribution in [0.4, 0.5) is 4.79 Å². The van der Waals surface area contributed by atoms with Gasteiger partial charge in [-0.2, -0.15) is 14.9 Å². The quantitative estimate of drug-likeness (QED) is 0.406. The van der Waals surface area contributed by atoms with Crippen molar-refractivity contribution in [3.63, 3.8) is 0 Å². The molecule has 3 N–H and O–H groups in total. The molecule has 0 aliphatic rings. The molecule has 0 unspecified atom stereocenters. The molecule has 0 aliphatic heterocycles. The number of aromatic amines is 1. The lowest BCUT2D eigenvalue weighted by Gasteiger charge is -2.19. The number of fused-ring (bicyclic) bond motifs is 2. The Morgan fingerprint density at radius 2 is 1.66 bits per heavy atom. The molecule has 2 heterocycles. The van der Waals surface area contributed by atoms with E-state index in [1.54, 1.807) is 58.0 Å². The van der Waals surface area contributed by atoms with E-state index in [0.717, 1.165) is 16.6 Å². The molecule has 0 fully saturated rings. The largest absolute Gasteiger partial charge is 0.507 e. The van der Waals surface area contributed by atoms with Crippen LogP contribution in [0.15, 0.2) is 36.4 Å². The highest BCUT2D eigenvalue weighted by Gasteiger charge is 2.22. The van der Waals surface area contributed by atoms with E-state index in [2.05, 4.69) is 15.3 Å². The molecular formula is C21H24N4O4. The first-order valence-corrected chi connectivity index (χ1v) is 9.12. The van der Waals surface area contributed by atoms with E-state index in [4.69, 9.17) is 4.74 Å². The van der Waals surface area contributed by atoms with E-state index in [-0.39, 0.29) is 11.5 Å². The SMILES string of the molecule is Cc1[nH]nc2cccc(O)c12.Cc1nn(C(=O)OC(C)(C)C)c2cccc(O)c12. The number of aryl methyl sites for hydroxylation is 2. The van der Waals surface area contributed by atoms with Crippen molar-refractivity contribution in [1.82, 2.24) is 20.0 Å². The number of ether oxygens (including phenoxy) is 1. The Kier molecular flexibility index (Phi) is 5.19. The average molecular weight is 396 g/mol. The average Bonchev–Trinajstić information content (AvgIpc) is 3.17. The van der Waals surface area contributed by atoms with Crippen molar-refractivity contribution in [3.8, 4) is 11.5 Å². The molecule has 0 radical (unpaired) electrons. The Morgan fingerprint density at radius 3 is 2.28 bits per heavy atom. The van der Waals surface area contributed by atoms with Crippen molar-refractivity contribution in [3.05, 3.63) is 47.8 Å². The fourth-order valence-electron chi connectivity index (χ4n) is 2.98. The molecule has 4 aromatic rings. The molecule has 0 saturated carbocycles. The van der Waals surface area contributed by atoms with Gasteiger partial charge in [0.2, 0.25) is 0 Å². The molecule has 8 nitrogen and oxygen atoms in total. The summed E-state index contributed by atoms with van der Waals surface area (Å²) in [5, 5.41) is 31.5. The van der Waals surface area contributed by atoms with Crippen molar-refractivity contribution < 1.29 is 19.7 Å². The van der Waals surface area contributed by atoms with Crippen LogP contribution in [-0.4, -0.2) is 41.9 Å². The van der Waals surface area contributed by atoms with E-state index < -0.39 is 11.7 Å². The van der Waals surface area contributed by atoms with Crippen LogP contribution in [0.25, 0.3) is 21.8 Å². The first kappa shape index (κ1) is 20.2. The predicted octanol–water partition coefficient (Wildman–Crippen LogP) is 4.41. The molecule has 0 bridgehead atoms. The number of phenols is 2. The summed E-state index contributed by atoms with van der Waals surface area (Å²) in [5.41, 5.74) is 2.26.